The first-order chi connectivity index (χ1) is 9.31. The van der Waals surface area contributed by atoms with Crippen molar-refractivity contribution in [2.45, 2.75) is 16.2 Å². The van der Waals surface area contributed by atoms with E-state index in [0.29, 0.717) is 0 Å². The van der Waals surface area contributed by atoms with Gasteiger partial charge in [-0.3, -0.25) is 0 Å². The Hall–Kier alpha value is -1.65. The van der Waals surface area contributed by atoms with Crippen LogP contribution in [0.1, 0.15) is 5.56 Å². The van der Waals surface area contributed by atoms with Gasteiger partial charge >= 0.3 is 0 Å². The number of aryl methyl sites for hydroxylation is 1. The van der Waals surface area contributed by atoms with Crippen LogP contribution in [0.15, 0.2) is 63.8 Å². The second kappa shape index (κ2) is 5.55. The molecule has 2 aromatic carbocycles. The van der Waals surface area contributed by atoms with Crippen LogP contribution >= 0.6 is 23.3 Å². The molecule has 0 aliphatic carbocycles. The van der Waals surface area contributed by atoms with Crippen LogP contribution in [0.5, 0.6) is 0 Å². The normalized spacial score (nSPS) is 10.6. The highest BCUT2D eigenvalue weighted by Crippen LogP contribution is 2.31. The third-order valence-electron chi connectivity index (χ3n) is 2.67. The van der Waals surface area contributed by atoms with Crippen LogP contribution in [-0.4, -0.2) is 9.36 Å². The molecule has 0 aliphatic heterocycles. The first-order valence-electron chi connectivity index (χ1n) is 5.95. The van der Waals surface area contributed by atoms with Crippen LogP contribution in [0.2, 0.25) is 0 Å². The van der Waals surface area contributed by atoms with Crippen LogP contribution < -0.4 is 0 Å². The van der Waals surface area contributed by atoms with Gasteiger partial charge in [-0.15, -0.1) is 0 Å². The first kappa shape index (κ1) is 12.4. The van der Waals surface area contributed by atoms with Crippen molar-refractivity contribution in [1.29, 1.82) is 0 Å². The molecule has 0 radical (unpaired) electrons. The van der Waals surface area contributed by atoms with Gasteiger partial charge in [0.2, 0.25) is 0 Å². The molecule has 0 amide bonds. The average Bonchev–Trinajstić information content (AvgIpc) is 2.91. The van der Waals surface area contributed by atoms with E-state index in [0.717, 1.165) is 15.7 Å². The summed E-state index contributed by atoms with van der Waals surface area (Å²) in [6, 6.07) is 18.5. The molecule has 0 bridgehead atoms. The molecule has 0 fully saturated rings. The molecule has 0 N–H and O–H groups in total. The van der Waals surface area contributed by atoms with Gasteiger partial charge in [-0.1, -0.05) is 59.8 Å². The predicted molar refractivity (Wildman–Crippen MR) is 80.6 cm³/mol. The first-order valence-corrected chi connectivity index (χ1v) is 7.54. The van der Waals surface area contributed by atoms with E-state index >= 15 is 0 Å². The van der Waals surface area contributed by atoms with Gasteiger partial charge in [0, 0.05) is 10.5 Å². The van der Waals surface area contributed by atoms with Gasteiger partial charge in [0.15, 0.2) is 10.2 Å². The fourth-order valence-corrected chi connectivity index (χ4v) is 3.26. The van der Waals surface area contributed by atoms with E-state index in [9.17, 15) is 0 Å². The molecule has 0 spiro atoms. The zero-order valence-corrected chi connectivity index (χ0v) is 12.0. The minimum absolute atomic E-state index is 0.806. The Morgan fingerprint density at radius 2 is 1.68 bits per heavy atom. The molecule has 1 heterocycles. The number of rotatable bonds is 3. The summed E-state index contributed by atoms with van der Waals surface area (Å²) in [5, 5.41) is 0. The number of hydrogen-bond acceptors (Lipinski definition) is 4. The molecule has 19 heavy (non-hydrogen) atoms. The molecule has 2 nitrogen and oxygen atoms in total. The Bertz CT molecular complexity index is 660. The number of nitrogens with zero attached hydrogens (tertiary/aromatic N) is 2. The molecule has 4 heteroatoms. The van der Waals surface area contributed by atoms with Crippen molar-refractivity contribution >= 4 is 23.3 Å². The summed E-state index contributed by atoms with van der Waals surface area (Å²) in [6.45, 7) is 2.09. The van der Waals surface area contributed by atoms with E-state index in [1.165, 1.54) is 22.0 Å². The summed E-state index contributed by atoms with van der Waals surface area (Å²) in [4.78, 5) is 5.76. The largest absolute Gasteiger partial charge is 0.208 e. The van der Waals surface area contributed by atoms with Crippen LogP contribution in [0.4, 0.5) is 0 Å². The zero-order chi connectivity index (χ0) is 13.1. The van der Waals surface area contributed by atoms with Gasteiger partial charge in [-0.2, -0.15) is 4.37 Å². The number of benzene rings is 2. The quantitative estimate of drug-likeness (QED) is 0.699. The SMILES string of the molecule is Cc1ccc(Sc2nc(-c3ccccc3)ns2)cc1. The van der Waals surface area contributed by atoms with Crippen molar-refractivity contribution in [1.82, 2.24) is 9.36 Å². The molecular formula is C15H12N2S2. The molecule has 1 aromatic heterocycles. The lowest BCUT2D eigenvalue weighted by atomic mass is 10.2. The molecular weight excluding hydrogens is 272 g/mol. The Kier molecular flexibility index (Phi) is 3.62. The molecule has 0 atom stereocenters. The summed E-state index contributed by atoms with van der Waals surface area (Å²) >= 11 is 3.10. The Labute approximate surface area is 120 Å². The minimum atomic E-state index is 0.806. The third kappa shape index (κ3) is 3.03. The average molecular weight is 284 g/mol. The number of hydrogen-bond donors (Lipinski definition) is 0. The molecule has 3 rings (SSSR count). The Balaban J connectivity index is 1.80. The predicted octanol–water partition coefficient (Wildman–Crippen LogP) is 4.66. The van der Waals surface area contributed by atoms with Crippen LogP contribution in [0.25, 0.3) is 11.4 Å². The third-order valence-corrected chi connectivity index (χ3v) is 4.42. The monoisotopic (exact) mass is 284 g/mol. The smallest absolute Gasteiger partial charge is 0.175 e. The maximum absolute atomic E-state index is 4.57. The highest BCUT2D eigenvalue weighted by Gasteiger charge is 2.07. The van der Waals surface area contributed by atoms with Gasteiger partial charge in [-0.25, -0.2) is 4.98 Å². The van der Waals surface area contributed by atoms with E-state index in [4.69, 9.17) is 0 Å². The summed E-state index contributed by atoms with van der Waals surface area (Å²) in [5.41, 5.74) is 2.33. The second-order valence-electron chi connectivity index (χ2n) is 4.17. The standard InChI is InChI=1S/C15H12N2S2/c1-11-7-9-13(10-8-11)18-15-16-14(17-19-15)12-5-3-2-4-6-12/h2-10H,1H3. The Morgan fingerprint density at radius 3 is 2.42 bits per heavy atom. The summed E-state index contributed by atoms with van der Waals surface area (Å²) < 4.78 is 5.38. The van der Waals surface area contributed by atoms with Crippen LogP contribution in [0.3, 0.4) is 0 Å². The molecule has 0 saturated heterocycles. The van der Waals surface area contributed by atoms with E-state index in [2.05, 4.69) is 40.5 Å². The summed E-state index contributed by atoms with van der Waals surface area (Å²) in [6.07, 6.45) is 0. The van der Waals surface area contributed by atoms with Crippen molar-refractivity contribution < 1.29 is 0 Å². The molecule has 0 saturated carbocycles. The van der Waals surface area contributed by atoms with E-state index < -0.39 is 0 Å². The van der Waals surface area contributed by atoms with Crippen LogP contribution in [-0.2, 0) is 0 Å². The fraction of sp³-hybridized carbons (Fsp3) is 0.0667. The van der Waals surface area contributed by atoms with Gasteiger partial charge < -0.3 is 0 Å². The molecule has 3 aromatic rings. The van der Waals surface area contributed by atoms with E-state index in [1.807, 2.05) is 30.3 Å². The van der Waals surface area contributed by atoms with Gasteiger partial charge in [0.25, 0.3) is 0 Å². The maximum atomic E-state index is 4.57. The van der Waals surface area contributed by atoms with E-state index in [1.54, 1.807) is 11.8 Å². The maximum Gasteiger partial charge on any atom is 0.175 e. The minimum Gasteiger partial charge on any atom is -0.208 e. The second-order valence-corrected chi connectivity index (χ2v) is 6.24. The lowest BCUT2D eigenvalue weighted by Gasteiger charge is -1.97. The van der Waals surface area contributed by atoms with Gasteiger partial charge in [0.05, 0.1) is 0 Å². The van der Waals surface area contributed by atoms with Crippen molar-refractivity contribution in [3.8, 4) is 11.4 Å². The van der Waals surface area contributed by atoms with Crippen molar-refractivity contribution in [3.05, 3.63) is 60.2 Å². The summed E-state index contributed by atoms with van der Waals surface area (Å²) in [5.74, 6) is 0.806. The fourth-order valence-electron chi connectivity index (χ4n) is 1.66. The highest BCUT2D eigenvalue weighted by atomic mass is 32.2. The van der Waals surface area contributed by atoms with Gasteiger partial charge in [-0.05, 0) is 30.6 Å². The molecule has 0 unspecified atom stereocenters. The van der Waals surface area contributed by atoms with E-state index in [-0.39, 0.29) is 0 Å². The molecule has 94 valence electrons. The lowest BCUT2D eigenvalue weighted by Crippen LogP contribution is -1.79. The number of aromatic nitrogens is 2. The van der Waals surface area contributed by atoms with Gasteiger partial charge in [0.1, 0.15) is 0 Å². The lowest BCUT2D eigenvalue weighted by molar-refractivity contribution is 1.21. The summed E-state index contributed by atoms with van der Waals surface area (Å²) in [7, 11) is 0. The van der Waals surface area contributed by atoms with Crippen molar-refractivity contribution in [2.24, 2.45) is 0 Å². The Morgan fingerprint density at radius 1 is 0.947 bits per heavy atom. The van der Waals surface area contributed by atoms with Crippen LogP contribution in [0, 0.1) is 6.92 Å². The van der Waals surface area contributed by atoms with Crippen molar-refractivity contribution in [3.63, 3.8) is 0 Å². The van der Waals surface area contributed by atoms with Crippen molar-refractivity contribution in [2.75, 3.05) is 0 Å². The molecule has 0 aliphatic rings. The topological polar surface area (TPSA) is 25.8 Å². The highest BCUT2D eigenvalue weighted by molar-refractivity contribution is 8.01. The zero-order valence-electron chi connectivity index (χ0n) is 10.4.